The van der Waals surface area contributed by atoms with Gasteiger partial charge in [-0.1, -0.05) is 106 Å². The maximum Gasteiger partial charge on any atom is 0.326 e. The number of benzene rings is 4. The first kappa shape index (κ1) is 31.0. The van der Waals surface area contributed by atoms with Crippen LogP contribution in [0.25, 0.3) is 0 Å². The van der Waals surface area contributed by atoms with Crippen LogP contribution in [0.4, 0.5) is 5.69 Å². The number of hydrogen-bond acceptors (Lipinski definition) is 5. The number of amides is 1. The number of para-hydroxylation sites is 1. The van der Waals surface area contributed by atoms with Crippen LogP contribution in [0.5, 0.6) is 5.75 Å². The number of anilines is 1. The van der Waals surface area contributed by atoms with E-state index in [0.29, 0.717) is 42.3 Å². The molecule has 0 saturated heterocycles. The lowest BCUT2D eigenvalue weighted by atomic mass is 9.94. The van der Waals surface area contributed by atoms with E-state index in [-0.39, 0.29) is 18.1 Å². The Bertz CT molecular complexity index is 1510. The summed E-state index contributed by atoms with van der Waals surface area (Å²) in [6, 6.07) is 32.0. The van der Waals surface area contributed by atoms with Crippen LogP contribution in [0.1, 0.15) is 47.8 Å². The normalized spacial score (nSPS) is 11.8. The molecule has 0 aromatic heterocycles. The van der Waals surface area contributed by atoms with Crippen LogP contribution >= 0.6 is 0 Å². The van der Waals surface area contributed by atoms with E-state index < -0.39 is 17.4 Å². The SMILES string of the molecule is CC(C)(C)C(=O)N(CCOc1ccc(CC(Nc2ccccc2C(=O)c2ccccc2)C(=O)O)cc1)Cc1ccccc1. The van der Waals surface area contributed by atoms with Crippen molar-refractivity contribution in [3.8, 4) is 5.75 Å². The van der Waals surface area contributed by atoms with Crippen molar-refractivity contribution in [3.63, 3.8) is 0 Å². The van der Waals surface area contributed by atoms with Crippen LogP contribution in [-0.4, -0.2) is 46.9 Å². The van der Waals surface area contributed by atoms with Gasteiger partial charge < -0.3 is 20.1 Å². The van der Waals surface area contributed by atoms with E-state index in [1.54, 1.807) is 60.7 Å². The lowest BCUT2D eigenvalue weighted by molar-refractivity contribution is -0.140. The molecule has 0 spiro atoms. The van der Waals surface area contributed by atoms with Crippen molar-refractivity contribution in [2.45, 2.75) is 39.8 Å². The highest BCUT2D eigenvalue weighted by Gasteiger charge is 2.27. The summed E-state index contributed by atoms with van der Waals surface area (Å²) in [5.74, 6) is -0.523. The van der Waals surface area contributed by atoms with E-state index in [1.165, 1.54) is 0 Å². The van der Waals surface area contributed by atoms with Gasteiger partial charge in [-0.2, -0.15) is 0 Å². The number of nitrogens with one attached hydrogen (secondary N) is 1. The molecule has 43 heavy (non-hydrogen) atoms. The van der Waals surface area contributed by atoms with Gasteiger partial charge in [0.15, 0.2) is 5.78 Å². The number of carbonyl (C=O) groups excluding carboxylic acids is 2. The lowest BCUT2D eigenvalue weighted by Crippen LogP contribution is -2.41. The van der Waals surface area contributed by atoms with E-state index in [4.69, 9.17) is 4.74 Å². The Morgan fingerprint density at radius 2 is 1.40 bits per heavy atom. The molecule has 7 heteroatoms. The summed E-state index contributed by atoms with van der Waals surface area (Å²) in [7, 11) is 0. The van der Waals surface area contributed by atoms with Gasteiger partial charge in [0.1, 0.15) is 18.4 Å². The standard InChI is InChI=1S/C36H38N2O5/c1-36(2,3)35(42)38(25-27-12-6-4-7-13-27)22-23-43-29-20-18-26(19-21-29)24-32(34(40)41)37-31-17-11-10-16-30(31)33(39)28-14-8-5-9-15-28/h4-21,32,37H,22-25H2,1-3H3,(H,40,41). The topological polar surface area (TPSA) is 95.9 Å². The second-order valence-electron chi connectivity index (χ2n) is 11.4. The van der Waals surface area contributed by atoms with E-state index in [2.05, 4.69) is 5.32 Å². The Balaban J connectivity index is 1.38. The third-order valence-electron chi connectivity index (χ3n) is 6.97. The predicted octanol–water partition coefficient (Wildman–Crippen LogP) is 6.48. The quantitative estimate of drug-likeness (QED) is 0.176. The third kappa shape index (κ3) is 8.79. The number of hydrogen-bond donors (Lipinski definition) is 2. The molecule has 4 aromatic rings. The average molecular weight is 579 g/mol. The van der Waals surface area contributed by atoms with Crippen molar-refractivity contribution in [1.82, 2.24) is 4.90 Å². The number of carbonyl (C=O) groups is 3. The van der Waals surface area contributed by atoms with Gasteiger partial charge in [0, 0.05) is 35.2 Å². The molecule has 0 fully saturated rings. The molecular formula is C36H38N2O5. The molecule has 1 unspecified atom stereocenters. The van der Waals surface area contributed by atoms with Crippen LogP contribution in [0.2, 0.25) is 0 Å². The van der Waals surface area contributed by atoms with E-state index in [1.807, 2.05) is 74.2 Å². The molecule has 0 aliphatic rings. The predicted molar refractivity (Wildman–Crippen MR) is 168 cm³/mol. The summed E-state index contributed by atoms with van der Waals surface area (Å²) < 4.78 is 5.96. The van der Waals surface area contributed by atoms with E-state index >= 15 is 0 Å². The van der Waals surface area contributed by atoms with Gasteiger partial charge in [0.05, 0.1) is 6.54 Å². The van der Waals surface area contributed by atoms with Gasteiger partial charge >= 0.3 is 5.97 Å². The van der Waals surface area contributed by atoms with Crippen LogP contribution in [0, 0.1) is 5.41 Å². The van der Waals surface area contributed by atoms with Crippen molar-refractivity contribution < 1.29 is 24.2 Å². The zero-order valence-electron chi connectivity index (χ0n) is 24.8. The van der Waals surface area contributed by atoms with Crippen molar-refractivity contribution in [3.05, 3.63) is 131 Å². The number of ketones is 1. The van der Waals surface area contributed by atoms with Crippen molar-refractivity contribution in [2.75, 3.05) is 18.5 Å². The molecule has 2 N–H and O–H groups in total. The number of rotatable bonds is 13. The van der Waals surface area contributed by atoms with Crippen molar-refractivity contribution in [1.29, 1.82) is 0 Å². The molecular weight excluding hydrogens is 540 g/mol. The molecule has 0 saturated carbocycles. The Labute approximate surface area is 253 Å². The highest BCUT2D eigenvalue weighted by molar-refractivity contribution is 6.12. The minimum absolute atomic E-state index is 0.0505. The van der Waals surface area contributed by atoms with E-state index in [9.17, 15) is 19.5 Å². The molecule has 222 valence electrons. The third-order valence-corrected chi connectivity index (χ3v) is 6.97. The molecule has 4 rings (SSSR count). The Kier molecular flexibility index (Phi) is 10.3. The maximum atomic E-state index is 13.1. The zero-order valence-corrected chi connectivity index (χ0v) is 24.8. The molecule has 4 aromatic carbocycles. The highest BCUT2D eigenvalue weighted by atomic mass is 16.5. The summed E-state index contributed by atoms with van der Waals surface area (Å²) in [6.07, 6.45) is 0.203. The lowest BCUT2D eigenvalue weighted by Gasteiger charge is -2.29. The summed E-state index contributed by atoms with van der Waals surface area (Å²) in [6.45, 7) is 6.98. The summed E-state index contributed by atoms with van der Waals surface area (Å²) in [5, 5.41) is 13.0. The summed E-state index contributed by atoms with van der Waals surface area (Å²) in [4.78, 5) is 40.2. The molecule has 7 nitrogen and oxygen atoms in total. The number of ether oxygens (including phenoxy) is 1. The van der Waals surface area contributed by atoms with Crippen molar-refractivity contribution >= 4 is 23.3 Å². The fourth-order valence-electron chi connectivity index (χ4n) is 4.70. The first-order valence-corrected chi connectivity index (χ1v) is 14.3. The average Bonchev–Trinajstić information content (AvgIpc) is 3.01. The molecule has 0 aliphatic heterocycles. The minimum atomic E-state index is -1.02. The van der Waals surface area contributed by atoms with Crippen LogP contribution < -0.4 is 10.1 Å². The fraction of sp³-hybridized carbons (Fsp3) is 0.250. The molecule has 1 amide bonds. The Morgan fingerprint density at radius 3 is 2.02 bits per heavy atom. The van der Waals surface area contributed by atoms with E-state index in [0.717, 1.165) is 11.1 Å². The monoisotopic (exact) mass is 578 g/mol. The maximum absolute atomic E-state index is 13.1. The summed E-state index contributed by atoms with van der Waals surface area (Å²) >= 11 is 0. The minimum Gasteiger partial charge on any atom is -0.492 e. The number of carboxylic acids is 1. The summed E-state index contributed by atoms with van der Waals surface area (Å²) in [5.41, 5.74) is 2.75. The number of aliphatic carboxylic acids is 1. The van der Waals surface area contributed by atoms with Crippen LogP contribution in [-0.2, 0) is 22.6 Å². The molecule has 1 atom stereocenters. The first-order chi connectivity index (χ1) is 20.6. The number of carboxylic acid groups (broad SMARTS) is 1. The van der Waals surface area contributed by atoms with Gasteiger partial charge in [-0.3, -0.25) is 9.59 Å². The van der Waals surface area contributed by atoms with Gasteiger partial charge in [-0.15, -0.1) is 0 Å². The largest absolute Gasteiger partial charge is 0.492 e. The van der Waals surface area contributed by atoms with Gasteiger partial charge in [0.2, 0.25) is 5.91 Å². The second kappa shape index (κ2) is 14.3. The smallest absolute Gasteiger partial charge is 0.326 e. The van der Waals surface area contributed by atoms with Crippen LogP contribution in [0.15, 0.2) is 109 Å². The first-order valence-electron chi connectivity index (χ1n) is 14.3. The van der Waals surface area contributed by atoms with Gasteiger partial charge in [0.25, 0.3) is 0 Å². The van der Waals surface area contributed by atoms with Gasteiger partial charge in [-0.25, -0.2) is 4.79 Å². The highest BCUT2D eigenvalue weighted by Crippen LogP contribution is 2.23. The molecule has 0 radical (unpaired) electrons. The Hall–Kier alpha value is -4.91. The molecule has 0 heterocycles. The van der Waals surface area contributed by atoms with Crippen molar-refractivity contribution in [2.24, 2.45) is 5.41 Å². The zero-order chi connectivity index (χ0) is 30.8. The Morgan fingerprint density at radius 1 is 0.791 bits per heavy atom. The number of nitrogens with zero attached hydrogens (tertiary/aromatic N) is 1. The molecule has 0 bridgehead atoms. The fourth-order valence-corrected chi connectivity index (χ4v) is 4.70. The van der Waals surface area contributed by atoms with Gasteiger partial charge in [-0.05, 0) is 35.4 Å². The van der Waals surface area contributed by atoms with Crippen LogP contribution in [0.3, 0.4) is 0 Å². The molecule has 0 aliphatic carbocycles. The second-order valence-corrected chi connectivity index (χ2v) is 11.4.